The Hall–Kier alpha value is -2.46. The Morgan fingerprint density at radius 3 is 2.70 bits per heavy atom. The Bertz CT molecular complexity index is 1180. The summed E-state index contributed by atoms with van der Waals surface area (Å²) in [6.45, 7) is 0. The topological polar surface area (TPSA) is 59.0 Å². The summed E-state index contributed by atoms with van der Waals surface area (Å²) in [7, 11) is 3.75. The van der Waals surface area contributed by atoms with Crippen LogP contribution in [0, 0.1) is 5.82 Å². The zero-order valence-electron chi connectivity index (χ0n) is 15.9. The van der Waals surface area contributed by atoms with Crippen molar-refractivity contribution in [3.63, 3.8) is 0 Å². The van der Waals surface area contributed by atoms with E-state index in [1.54, 1.807) is 46.6 Å². The first-order valence-corrected chi connectivity index (χ1v) is 10.6. The number of aldehydes is 1. The van der Waals surface area contributed by atoms with Crippen molar-refractivity contribution >= 4 is 63.6 Å². The van der Waals surface area contributed by atoms with Crippen LogP contribution in [0.5, 0.6) is 0 Å². The van der Waals surface area contributed by atoms with E-state index in [4.69, 9.17) is 11.6 Å². The molecular weight excluding hydrogens is 450 g/mol. The lowest BCUT2D eigenvalue weighted by atomic mass is 10.2. The van der Waals surface area contributed by atoms with E-state index in [2.05, 4.69) is 15.7 Å². The molecule has 156 valence electrons. The van der Waals surface area contributed by atoms with E-state index in [1.807, 2.05) is 14.1 Å². The summed E-state index contributed by atoms with van der Waals surface area (Å²) >= 11 is 7.43. The number of nitrogens with zero attached hydrogens (tertiary/aromatic N) is 2. The molecule has 0 aliphatic rings. The Balaban J connectivity index is 0.000000806. The molecule has 0 spiro atoms. The molecule has 0 aliphatic carbocycles. The van der Waals surface area contributed by atoms with Crippen molar-refractivity contribution in [2.24, 2.45) is 0 Å². The number of fused-ring (bicyclic) bond motifs is 1. The lowest BCUT2D eigenvalue weighted by Crippen LogP contribution is -1.98. The molecule has 10 heteroatoms. The number of halogens is 3. The standard InChI is InChI=1S/C18H10ClF2N3OS2.C2H7N/c19-13-2-1-3-17(27-21)18(13)23-15-4-10-7-22-24(16(10)6-14(15)20)11-5-12(8-25)26-9-11;1-3-2/h1-9,23H;3H,1-2H3. The number of thiophene rings is 1. The fraction of sp³-hybridized carbons (Fsp3) is 0.100. The van der Waals surface area contributed by atoms with Gasteiger partial charge in [0.05, 0.1) is 55.7 Å². The van der Waals surface area contributed by atoms with Crippen molar-refractivity contribution in [1.82, 2.24) is 15.1 Å². The van der Waals surface area contributed by atoms with Crippen LogP contribution in [-0.2, 0) is 0 Å². The van der Waals surface area contributed by atoms with Gasteiger partial charge in [0.2, 0.25) is 0 Å². The van der Waals surface area contributed by atoms with Gasteiger partial charge >= 0.3 is 0 Å². The van der Waals surface area contributed by atoms with Crippen LogP contribution in [0.1, 0.15) is 9.67 Å². The third-order valence-corrected chi connectivity index (χ3v) is 5.61. The van der Waals surface area contributed by atoms with E-state index in [0.29, 0.717) is 27.2 Å². The second-order valence-electron chi connectivity index (χ2n) is 6.09. The summed E-state index contributed by atoms with van der Waals surface area (Å²) in [5.74, 6) is -0.537. The molecule has 4 aromatic rings. The van der Waals surface area contributed by atoms with E-state index in [9.17, 15) is 13.1 Å². The molecule has 0 amide bonds. The van der Waals surface area contributed by atoms with Gasteiger partial charge in [-0.15, -0.1) is 11.3 Å². The van der Waals surface area contributed by atoms with Gasteiger partial charge in [0.15, 0.2) is 6.29 Å². The molecule has 2 aromatic carbocycles. The highest BCUT2D eigenvalue weighted by Crippen LogP contribution is 2.37. The van der Waals surface area contributed by atoms with Crippen molar-refractivity contribution in [3.8, 4) is 5.69 Å². The Labute approximate surface area is 185 Å². The third-order valence-electron chi connectivity index (χ3n) is 3.94. The lowest BCUT2D eigenvalue weighted by Gasteiger charge is -2.12. The summed E-state index contributed by atoms with van der Waals surface area (Å²) in [5, 5.41) is 12.6. The van der Waals surface area contributed by atoms with Crippen LogP contribution in [0.25, 0.3) is 16.6 Å². The minimum atomic E-state index is -0.537. The molecule has 2 N–H and O–H groups in total. The van der Waals surface area contributed by atoms with E-state index >= 15 is 0 Å². The quantitative estimate of drug-likeness (QED) is 0.340. The highest BCUT2D eigenvalue weighted by Gasteiger charge is 2.15. The molecule has 2 aromatic heterocycles. The predicted molar refractivity (Wildman–Crippen MR) is 121 cm³/mol. The number of hydrogen-bond donors (Lipinski definition) is 2. The molecule has 0 bridgehead atoms. The molecule has 0 radical (unpaired) electrons. The molecular formula is C20H17ClF2N4OS2. The minimum absolute atomic E-state index is 0.0310. The summed E-state index contributed by atoms with van der Waals surface area (Å²) in [5.41, 5.74) is 1.68. The Morgan fingerprint density at radius 2 is 2.03 bits per heavy atom. The number of aromatic nitrogens is 2. The van der Waals surface area contributed by atoms with Crippen LogP contribution < -0.4 is 10.6 Å². The van der Waals surface area contributed by atoms with E-state index in [0.717, 1.165) is 6.29 Å². The fourth-order valence-electron chi connectivity index (χ4n) is 2.69. The van der Waals surface area contributed by atoms with Gasteiger partial charge in [0.25, 0.3) is 0 Å². The summed E-state index contributed by atoms with van der Waals surface area (Å²) < 4.78 is 29.4. The van der Waals surface area contributed by atoms with Gasteiger partial charge < -0.3 is 10.6 Å². The van der Waals surface area contributed by atoms with Gasteiger partial charge in [-0.1, -0.05) is 17.7 Å². The van der Waals surface area contributed by atoms with E-state index in [-0.39, 0.29) is 27.8 Å². The summed E-state index contributed by atoms with van der Waals surface area (Å²) in [4.78, 5) is 11.7. The SMILES string of the molecule is CNC.O=Cc1cc(-n2ncc3cc(Nc4c(Cl)cccc4SF)c(F)cc32)cs1. The van der Waals surface area contributed by atoms with Crippen molar-refractivity contribution in [3.05, 3.63) is 63.7 Å². The molecule has 0 unspecified atom stereocenters. The average molecular weight is 467 g/mol. The smallest absolute Gasteiger partial charge is 0.160 e. The number of para-hydroxylation sites is 1. The van der Waals surface area contributed by atoms with Gasteiger partial charge in [0.1, 0.15) is 5.82 Å². The van der Waals surface area contributed by atoms with E-state index < -0.39 is 5.82 Å². The van der Waals surface area contributed by atoms with Gasteiger partial charge in [-0.05, 0) is 38.4 Å². The van der Waals surface area contributed by atoms with Crippen LogP contribution in [0.15, 0.2) is 52.9 Å². The molecule has 0 fully saturated rings. The maximum absolute atomic E-state index is 14.7. The Morgan fingerprint density at radius 1 is 1.27 bits per heavy atom. The van der Waals surface area contributed by atoms with Crippen LogP contribution in [0.3, 0.4) is 0 Å². The first-order chi connectivity index (χ1) is 14.5. The number of hydrogen-bond acceptors (Lipinski definition) is 6. The van der Waals surface area contributed by atoms with Gasteiger partial charge in [-0.2, -0.15) is 8.98 Å². The molecule has 4 rings (SSSR count). The maximum atomic E-state index is 14.7. The maximum Gasteiger partial charge on any atom is 0.160 e. The van der Waals surface area contributed by atoms with Crippen molar-refractivity contribution in [2.45, 2.75) is 4.90 Å². The van der Waals surface area contributed by atoms with Crippen LogP contribution >= 0.6 is 35.1 Å². The molecule has 0 saturated carbocycles. The van der Waals surface area contributed by atoms with E-state index in [1.165, 1.54) is 17.4 Å². The zero-order valence-corrected chi connectivity index (χ0v) is 18.3. The first kappa shape index (κ1) is 22.2. The number of carbonyl (C=O) groups is 1. The summed E-state index contributed by atoms with van der Waals surface area (Å²) in [6.07, 6.45) is 2.35. The molecule has 0 aliphatic heterocycles. The monoisotopic (exact) mass is 466 g/mol. The van der Waals surface area contributed by atoms with Crippen LogP contribution in [0.4, 0.5) is 19.7 Å². The third kappa shape index (κ3) is 4.65. The first-order valence-electron chi connectivity index (χ1n) is 8.66. The van der Waals surface area contributed by atoms with Gasteiger partial charge in [-0.25, -0.2) is 9.07 Å². The number of benzene rings is 2. The predicted octanol–water partition coefficient (Wildman–Crippen LogP) is 6.25. The molecule has 0 saturated heterocycles. The molecule has 0 atom stereocenters. The zero-order chi connectivity index (χ0) is 21.7. The number of nitrogens with one attached hydrogen (secondary N) is 2. The number of carbonyl (C=O) groups excluding carboxylic acids is 1. The van der Waals surface area contributed by atoms with Crippen molar-refractivity contribution in [1.29, 1.82) is 0 Å². The molecule has 5 nitrogen and oxygen atoms in total. The second-order valence-corrected chi connectivity index (χ2v) is 8.03. The second kappa shape index (κ2) is 10.0. The van der Waals surface area contributed by atoms with Crippen LogP contribution in [-0.4, -0.2) is 30.2 Å². The molecule has 30 heavy (non-hydrogen) atoms. The van der Waals surface area contributed by atoms with Crippen molar-refractivity contribution in [2.75, 3.05) is 19.4 Å². The van der Waals surface area contributed by atoms with Crippen LogP contribution in [0.2, 0.25) is 5.02 Å². The molecule has 2 heterocycles. The van der Waals surface area contributed by atoms with Gasteiger partial charge in [0, 0.05) is 16.8 Å². The Kier molecular flexibility index (Phi) is 7.43. The van der Waals surface area contributed by atoms with Gasteiger partial charge in [-0.3, -0.25) is 4.79 Å². The fourth-order valence-corrected chi connectivity index (χ4v) is 4.00. The summed E-state index contributed by atoms with van der Waals surface area (Å²) in [6, 6.07) is 9.36. The lowest BCUT2D eigenvalue weighted by molar-refractivity contribution is 0.112. The normalized spacial score (nSPS) is 10.6. The highest BCUT2D eigenvalue weighted by atomic mass is 35.5. The highest BCUT2D eigenvalue weighted by molar-refractivity contribution is 7.94. The van der Waals surface area contributed by atoms with Crippen molar-refractivity contribution < 1.29 is 13.1 Å². The average Bonchev–Trinajstić information content (AvgIpc) is 3.36. The minimum Gasteiger partial charge on any atom is -0.351 e. The number of rotatable bonds is 5. The number of anilines is 2. The largest absolute Gasteiger partial charge is 0.351 e.